The van der Waals surface area contributed by atoms with Crippen LogP contribution < -0.4 is 0 Å². The van der Waals surface area contributed by atoms with E-state index in [9.17, 15) is 9.18 Å². The van der Waals surface area contributed by atoms with Crippen molar-refractivity contribution in [2.45, 2.75) is 6.92 Å². The molecule has 2 aromatic heterocycles. The summed E-state index contributed by atoms with van der Waals surface area (Å²) in [7, 11) is 0. The molecule has 14 heavy (non-hydrogen) atoms. The van der Waals surface area contributed by atoms with Crippen LogP contribution in [0.15, 0.2) is 12.7 Å². The third-order valence-corrected chi connectivity index (χ3v) is 1.54. The zero-order valence-electron chi connectivity index (χ0n) is 7.12. The molecule has 72 valence electrons. The second-order valence-electron chi connectivity index (χ2n) is 2.46. The molecule has 0 spiro atoms. The minimum atomic E-state index is -0.948. The van der Waals surface area contributed by atoms with Crippen LogP contribution in [0.25, 0.3) is 0 Å². The zero-order chi connectivity index (χ0) is 10.1. The summed E-state index contributed by atoms with van der Waals surface area (Å²) in [5.41, 5.74) is 0. The predicted octanol–water partition coefficient (Wildman–Crippen LogP) is -0.166. The second-order valence-corrected chi connectivity index (χ2v) is 2.46. The van der Waals surface area contributed by atoms with Gasteiger partial charge in [0.1, 0.15) is 18.5 Å². The van der Waals surface area contributed by atoms with E-state index in [1.165, 1.54) is 19.6 Å². The van der Waals surface area contributed by atoms with Crippen molar-refractivity contribution in [3.05, 3.63) is 24.6 Å². The summed E-state index contributed by atoms with van der Waals surface area (Å²) < 4.78 is 14.3. The molecule has 2 aromatic rings. The molecule has 0 aliphatic rings. The average Bonchev–Trinajstić information content (AvgIpc) is 2.73. The maximum absolute atomic E-state index is 12.5. The van der Waals surface area contributed by atoms with Gasteiger partial charge in [-0.25, -0.2) is 9.78 Å². The highest BCUT2D eigenvalue weighted by molar-refractivity contribution is 5.77. The molecular formula is C6H5FN6O. The molecule has 0 fully saturated rings. The van der Waals surface area contributed by atoms with E-state index in [1.807, 2.05) is 0 Å². The molecule has 0 aliphatic heterocycles. The van der Waals surface area contributed by atoms with Gasteiger partial charge in [0.15, 0.2) is 0 Å². The lowest BCUT2D eigenvalue weighted by Crippen LogP contribution is -2.22. The van der Waals surface area contributed by atoms with Crippen LogP contribution in [0.2, 0.25) is 0 Å². The Hall–Kier alpha value is -2.12. The summed E-state index contributed by atoms with van der Waals surface area (Å²) in [6.07, 6.45) is 1.44. The Morgan fingerprint density at radius 3 is 2.86 bits per heavy atom. The van der Waals surface area contributed by atoms with Gasteiger partial charge in [-0.2, -0.15) is 23.8 Å². The molecule has 0 bridgehead atoms. The molecule has 0 aliphatic carbocycles. The van der Waals surface area contributed by atoms with Gasteiger partial charge in [-0.05, 0) is 6.92 Å². The molecule has 8 heteroatoms. The summed E-state index contributed by atoms with van der Waals surface area (Å²) in [6.45, 7) is 1.46. The van der Waals surface area contributed by atoms with Gasteiger partial charge in [-0.1, -0.05) is 0 Å². The van der Waals surface area contributed by atoms with Crippen LogP contribution in [0, 0.1) is 13.0 Å². The summed E-state index contributed by atoms with van der Waals surface area (Å²) in [4.78, 5) is 18.4. The van der Waals surface area contributed by atoms with Gasteiger partial charge in [-0.3, -0.25) is 0 Å². The monoisotopic (exact) mass is 196 g/mol. The number of hydrogen-bond acceptors (Lipinski definition) is 5. The Kier molecular flexibility index (Phi) is 1.80. The summed E-state index contributed by atoms with van der Waals surface area (Å²) in [5.74, 6) is 0.156. The van der Waals surface area contributed by atoms with Gasteiger partial charge in [0, 0.05) is 0 Å². The highest BCUT2D eigenvalue weighted by Gasteiger charge is 2.14. The van der Waals surface area contributed by atoms with Crippen LogP contribution in [0.3, 0.4) is 0 Å². The fourth-order valence-electron chi connectivity index (χ4n) is 0.943. The Morgan fingerprint density at radius 1 is 1.57 bits per heavy atom. The molecule has 2 heterocycles. The molecule has 0 amide bonds. The molecule has 0 radical (unpaired) electrons. The van der Waals surface area contributed by atoms with Crippen LogP contribution in [0.4, 0.5) is 9.18 Å². The highest BCUT2D eigenvalue weighted by atomic mass is 19.1. The third-order valence-electron chi connectivity index (χ3n) is 1.54. The number of hydrogen-bond donors (Lipinski definition) is 0. The van der Waals surface area contributed by atoms with Crippen molar-refractivity contribution in [3.8, 4) is 0 Å². The van der Waals surface area contributed by atoms with Crippen molar-refractivity contribution in [2.24, 2.45) is 0 Å². The SMILES string of the molecule is Cc1nc(F)nn1C(=O)n1cncn1. The van der Waals surface area contributed by atoms with E-state index in [1.54, 1.807) is 0 Å². The zero-order valence-corrected chi connectivity index (χ0v) is 7.12. The van der Waals surface area contributed by atoms with Crippen molar-refractivity contribution < 1.29 is 9.18 Å². The van der Waals surface area contributed by atoms with E-state index < -0.39 is 12.1 Å². The number of rotatable bonds is 0. The Labute approximate surface area is 77.2 Å². The lowest BCUT2D eigenvalue weighted by molar-refractivity contribution is 0.237. The predicted molar refractivity (Wildman–Crippen MR) is 40.9 cm³/mol. The summed E-state index contributed by atoms with van der Waals surface area (Å²) >= 11 is 0. The largest absolute Gasteiger partial charge is 0.372 e. The van der Waals surface area contributed by atoms with Crippen LogP contribution in [-0.2, 0) is 0 Å². The standard InChI is InChI=1S/C6H5FN6O/c1-4-10-5(7)11-13(4)6(14)12-3-8-2-9-12/h2-3H,1H3. The lowest BCUT2D eigenvalue weighted by Gasteiger charge is -1.98. The van der Waals surface area contributed by atoms with E-state index in [4.69, 9.17) is 0 Å². The Bertz CT molecular complexity index is 461. The Morgan fingerprint density at radius 2 is 2.36 bits per heavy atom. The molecule has 7 nitrogen and oxygen atoms in total. The van der Waals surface area contributed by atoms with Gasteiger partial charge in [0.25, 0.3) is 0 Å². The summed E-state index contributed by atoms with van der Waals surface area (Å²) in [5, 5.41) is 6.85. The normalized spacial score (nSPS) is 10.4. The molecule has 0 N–H and O–H groups in total. The highest BCUT2D eigenvalue weighted by Crippen LogP contribution is 1.96. The smallest absolute Gasteiger partial charge is 0.243 e. The van der Waals surface area contributed by atoms with E-state index in [-0.39, 0.29) is 5.82 Å². The first-order valence-corrected chi connectivity index (χ1v) is 3.67. The maximum Gasteiger partial charge on any atom is 0.372 e. The lowest BCUT2D eigenvalue weighted by atomic mass is 10.7. The minimum absolute atomic E-state index is 0.156. The van der Waals surface area contributed by atoms with Gasteiger partial charge in [-0.15, -0.1) is 5.10 Å². The van der Waals surface area contributed by atoms with E-state index in [0.717, 1.165) is 9.36 Å². The quantitative estimate of drug-likeness (QED) is 0.584. The number of carbonyl (C=O) groups excluding carboxylic acids is 1. The van der Waals surface area contributed by atoms with Gasteiger partial charge in [0.2, 0.25) is 0 Å². The van der Waals surface area contributed by atoms with Gasteiger partial charge < -0.3 is 0 Å². The maximum atomic E-state index is 12.5. The van der Waals surface area contributed by atoms with Crippen molar-refractivity contribution in [1.82, 2.24) is 29.5 Å². The fourth-order valence-corrected chi connectivity index (χ4v) is 0.943. The molecule has 0 aromatic carbocycles. The molecule has 0 saturated carbocycles. The molecule has 0 atom stereocenters. The van der Waals surface area contributed by atoms with Crippen molar-refractivity contribution >= 4 is 6.03 Å². The van der Waals surface area contributed by atoms with E-state index >= 15 is 0 Å². The van der Waals surface area contributed by atoms with Crippen molar-refractivity contribution in [3.63, 3.8) is 0 Å². The number of aryl methyl sites for hydroxylation is 1. The van der Waals surface area contributed by atoms with Gasteiger partial charge in [0.05, 0.1) is 0 Å². The van der Waals surface area contributed by atoms with Gasteiger partial charge >= 0.3 is 12.1 Å². The third kappa shape index (κ3) is 1.26. The fraction of sp³-hybridized carbons (Fsp3) is 0.167. The second kappa shape index (κ2) is 2.98. The summed E-state index contributed by atoms with van der Waals surface area (Å²) in [6, 6.07) is -0.628. The first-order valence-electron chi connectivity index (χ1n) is 3.67. The number of nitrogens with zero attached hydrogens (tertiary/aromatic N) is 6. The molecule has 0 unspecified atom stereocenters. The first kappa shape index (κ1) is 8.48. The van der Waals surface area contributed by atoms with Crippen LogP contribution in [-0.4, -0.2) is 35.6 Å². The van der Waals surface area contributed by atoms with Crippen LogP contribution in [0.1, 0.15) is 5.82 Å². The molecule has 2 rings (SSSR count). The van der Waals surface area contributed by atoms with E-state index in [2.05, 4.69) is 20.2 Å². The topological polar surface area (TPSA) is 78.5 Å². The molecule has 0 saturated heterocycles. The van der Waals surface area contributed by atoms with Crippen molar-refractivity contribution in [1.29, 1.82) is 0 Å². The van der Waals surface area contributed by atoms with Crippen molar-refractivity contribution in [2.75, 3.05) is 0 Å². The number of aromatic nitrogens is 6. The van der Waals surface area contributed by atoms with Crippen LogP contribution in [0.5, 0.6) is 0 Å². The first-order chi connectivity index (χ1) is 6.68. The molecular weight excluding hydrogens is 191 g/mol. The van der Waals surface area contributed by atoms with Crippen LogP contribution >= 0.6 is 0 Å². The van der Waals surface area contributed by atoms with E-state index in [0.29, 0.717) is 0 Å². The minimum Gasteiger partial charge on any atom is -0.243 e. The number of carbonyl (C=O) groups is 1. The Balaban J connectivity index is 2.41. The average molecular weight is 196 g/mol. The number of halogens is 1.